The van der Waals surface area contributed by atoms with Crippen molar-refractivity contribution in [2.45, 2.75) is 33.7 Å². The molecule has 0 spiro atoms. The van der Waals surface area contributed by atoms with Crippen LogP contribution in [0.15, 0.2) is 10.7 Å². The molecule has 7 nitrogen and oxygen atoms in total. The number of nitrogens with zero attached hydrogens (tertiary/aromatic N) is 3. The number of H-pyrrole nitrogens is 1. The number of rotatable bonds is 6. The van der Waals surface area contributed by atoms with Gasteiger partial charge in [0.15, 0.2) is 0 Å². The number of carbonyl (C=O) groups excluding carboxylic acids is 1. The summed E-state index contributed by atoms with van der Waals surface area (Å²) in [6, 6.07) is 0. The summed E-state index contributed by atoms with van der Waals surface area (Å²) in [4.78, 5) is 21.4. The Morgan fingerprint density at radius 3 is 2.81 bits per heavy atom. The molecule has 7 heteroatoms. The highest BCUT2D eigenvalue weighted by Crippen LogP contribution is 2.17. The Morgan fingerprint density at radius 1 is 1.48 bits per heavy atom. The zero-order valence-electron chi connectivity index (χ0n) is 12.5. The van der Waals surface area contributed by atoms with Crippen LogP contribution in [0, 0.1) is 13.8 Å². The number of aryl methyl sites for hydroxylation is 3. The van der Waals surface area contributed by atoms with Gasteiger partial charge >= 0.3 is 0 Å². The number of aromatic nitrogens is 3. The maximum atomic E-state index is 12.7. The molecule has 0 aromatic carbocycles. The van der Waals surface area contributed by atoms with Crippen LogP contribution in [0.3, 0.4) is 0 Å². The van der Waals surface area contributed by atoms with Gasteiger partial charge in [-0.2, -0.15) is 0 Å². The molecule has 0 saturated heterocycles. The summed E-state index contributed by atoms with van der Waals surface area (Å²) < 4.78 is 5.11. The zero-order chi connectivity index (χ0) is 15.4. The summed E-state index contributed by atoms with van der Waals surface area (Å²) in [5.74, 6) is 1.10. The van der Waals surface area contributed by atoms with Crippen molar-refractivity contribution in [3.63, 3.8) is 0 Å². The van der Waals surface area contributed by atoms with Crippen molar-refractivity contribution in [3.8, 4) is 0 Å². The number of hydrogen-bond acceptors (Lipinski definition) is 5. The van der Waals surface area contributed by atoms with Gasteiger partial charge in [0.05, 0.1) is 30.7 Å². The number of imidazole rings is 1. The predicted octanol–water partition coefficient (Wildman–Crippen LogP) is 1.21. The molecule has 2 heterocycles. The number of aliphatic hydroxyl groups is 1. The summed E-state index contributed by atoms with van der Waals surface area (Å²) in [6.45, 7) is 5.98. The molecule has 2 rings (SSSR count). The summed E-state index contributed by atoms with van der Waals surface area (Å²) in [7, 11) is 0. The third kappa shape index (κ3) is 3.30. The number of hydrogen-bond donors (Lipinski definition) is 2. The van der Waals surface area contributed by atoms with E-state index in [1.165, 1.54) is 0 Å². The van der Waals surface area contributed by atoms with Crippen LogP contribution in [0.1, 0.15) is 40.3 Å². The van der Waals surface area contributed by atoms with Crippen LogP contribution in [0.5, 0.6) is 0 Å². The van der Waals surface area contributed by atoms with Crippen LogP contribution in [-0.4, -0.2) is 44.2 Å². The average molecular weight is 292 g/mol. The normalized spacial score (nSPS) is 10.9. The Hall–Kier alpha value is -2.15. The highest BCUT2D eigenvalue weighted by molar-refractivity contribution is 5.96. The number of carbonyl (C=O) groups is 1. The third-order valence-electron chi connectivity index (χ3n) is 3.26. The van der Waals surface area contributed by atoms with Crippen LogP contribution in [-0.2, 0) is 13.0 Å². The van der Waals surface area contributed by atoms with Gasteiger partial charge in [-0.25, -0.2) is 4.98 Å². The summed E-state index contributed by atoms with van der Waals surface area (Å²) in [5.41, 5.74) is 1.95. The van der Waals surface area contributed by atoms with E-state index in [9.17, 15) is 9.90 Å². The molecule has 114 valence electrons. The van der Waals surface area contributed by atoms with E-state index in [1.54, 1.807) is 18.0 Å². The molecule has 0 radical (unpaired) electrons. The van der Waals surface area contributed by atoms with Crippen LogP contribution < -0.4 is 0 Å². The van der Waals surface area contributed by atoms with E-state index in [1.807, 2.05) is 13.8 Å². The Bertz CT molecular complexity index is 618. The minimum Gasteiger partial charge on any atom is -0.395 e. The summed E-state index contributed by atoms with van der Waals surface area (Å²) in [6.07, 6.45) is 2.31. The van der Waals surface area contributed by atoms with E-state index in [0.717, 1.165) is 11.5 Å². The molecular weight excluding hydrogens is 272 g/mol. The number of amides is 1. The van der Waals surface area contributed by atoms with E-state index in [4.69, 9.17) is 4.52 Å². The quantitative estimate of drug-likeness (QED) is 0.834. The van der Waals surface area contributed by atoms with Crippen molar-refractivity contribution < 1.29 is 14.4 Å². The molecule has 0 aliphatic carbocycles. The van der Waals surface area contributed by atoms with Crippen molar-refractivity contribution in [3.05, 3.63) is 34.7 Å². The lowest BCUT2D eigenvalue weighted by Crippen LogP contribution is -2.34. The van der Waals surface area contributed by atoms with E-state index >= 15 is 0 Å². The molecule has 0 fully saturated rings. The first-order chi connectivity index (χ1) is 10.1. The fourth-order valence-electron chi connectivity index (χ4n) is 2.22. The molecule has 0 unspecified atom stereocenters. The second-order valence-corrected chi connectivity index (χ2v) is 4.86. The molecule has 0 atom stereocenters. The van der Waals surface area contributed by atoms with Gasteiger partial charge in [-0.1, -0.05) is 12.1 Å². The van der Waals surface area contributed by atoms with Crippen molar-refractivity contribution in [2.75, 3.05) is 13.2 Å². The topological polar surface area (TPSA) is 95.2 Å². The largest absolute Gasteiger partial charge is 0.395 e. The molecular formula is C14H20N4O3. The highest BCUT2D eigenvalue weighted by atomic mass is 16.5. The minimum atomic E-state index is -0.188. The van der Waals surface area contributed by atoms with Gasteiger partial charge in [-0.3, -0.25) is 4.79 Å². The fourth-order valence-corrected chi connectivity index (χ4v) is 2.22. The summed E-state index contributed by atoms with van der Waals surface area (Å²) in [5, 5.41) is 13.1. The first-order valence-corrected chi connectivity index (χ1v) is 6.92. The Balaban J connectivity index is 2.24. The standard InChI is InChI=1S/C14H20N4O3/c1-4-12-13(9(2)21-17-12)14(20)18(5-6-19)8-11-7-15-10(3)16-11/h7,19H,4-6,8H2,1-3H3,(H,15,16). The number of aromatic amines is 1. The van der Waals surface area contributed by atoms with E-state index < -0.39 is 0 Å². The van der Waals surface area contributed by atoms with E-state index in [2.05, 4.69) is 15.1 Å². The molecule has 2 N–H and O–H groups in total. The fraction of sp³-hybridized carbons (Fsp3) is 0.500. The van der Waals surface area contributed by atoms with Crippen molar-refractivity contribution in [1.82, 2.24) is 20.0 Å². The lowest BCUT2D eigenvalue weighted by atomic mass is 10.1. The Labute approximate surface area is 123 Å². The van der Waals surface area contributed by atoms with Gasteiger partial charge in [0.2, 0.25) is 0 Å². The second-order valence-electron chi connectivity index (χ2n) is 4.86. The Morgan fingerprint density at radius 2 is 2.24 bits per heavy atom. The van der Waals surface area contributed by atoms with Crippen molar-refractivity contribution >= 4 is 5.91 Å². The van der Waals surface area contributed by atoms with E-state index in [0.29, 0.717) is 30.0 Å². The van der Waals surface area contributed by atoms with Gasteiger partial charge in [0, 0.05) is 6.54 Å². The average Bonchev–Trinajstić information content (AvgIpc) is 3.03. The molecule has 2 aromatic heterocycles. The van der Waals surface area contributed by atoms with E-state index in [-0.39, 0.29) is 19.1 Å². The maximum Gasteiger partial charge on any atom is 0.259 e. The van der Waals surface area contributed by atoms with Crippen LogP contribution in [0.4, 0.5) is 0 Å². The third-order valence-corrected chi connectivity index (χ3v) is 3.26. The molecule has 2 aromatic rings. The van der Waals surface area contributed by atoms with Crippen LogP contribution >= 0.6 is 0 Å². The second kappa shape index (κ2) is 6.53. The smallest absolute Gasteiger partial charge is 0.259 e. The lowest BCUT2D eigenvalue weighted by molar-refractivity contribution is 0.0703. The first-order valence-electron chi connectivity index (χ1n) is 6.92. The first kappa shape index (κ1) is 15.2. The monoisotopic (exact) mass is 292 g/mol. The van der Waals surface area contributed by atoms with Gasteiger partial charge in [0.25, 0.3) is 5.91 Å². The minimum absolute atomic E-state index is 0.107. The number of aliphatic hydroxyl groups excluding tert-OH is 1. The molecule has 0 bridgehead atoms. The van der Waals surface area contributed by atoms with Gasteiger partial charge < -0.3 is 19.5 Å². The zero-order valence-corrected chi connectivity index (χ0v) is 12.5. The van der Waals surface area contributed by atoms with Crippen LogP contribution in [0.2, 0.25) is 0 Å². The molecule has 1 amide bonds. The Kier molecular flexibility index (Phi) is 4.74. The molecule has 21 heavy (non-hydrogen) atoms. The molecule has 0 aliphatic rings. The van der Waals surface area contributed by atoms with Gasteiger partial charge in [-0.05, 0) is 20.3 Å². The molecule has 0 saturated carbocycles. The molecule has 0 aliphatic heterocycles. The predicted molar refractivity (Wildman–Crippen MR) is 75.8 cm³/mol. The van der Waals surface area contributed by atoms with Gasteiger partial charge in [-0.15, -0.1) is 0 Å². The summed E-state index contributed by atoms with van der Waals surface area (Å²) >= 11 is 0. The number of nitrogens with one attached hydrogen (secondary N) is 1. The SMILES string of the molecule is CCc1noc(C)c1C(=O)N(CCO)Cc1cnc(C)[nH]1. The lowest BCUT2D eigenvalue weighted by Gasteiger charge is -2.21. The van der Waals surface area contributed by atoms with Crippen molar-refractivity contribution in [2.24, 2.45) is 0 Å². The maximum absolute atomic E-state index is 12.7. The van der Waals surface area contributed by atoms with Crippen molar-refractivity contribution in [1.29, 1.82) is 0 Å². The van der Waals surface area contributed by atoms with Gasteiger partial charge in [0.1, 0.15) is 17.1 Å². The highest BCUT2D eigenvalue weighted by Gasteiger charge is 2.24. The van der Waals surface area contributed by atoms with Crippen LogP contribution in [0.25, 0.3) is 0 Å².